The summed E-state index contributed by atoms with van der Waals surface area (Å²) in [7, 11) is 2.10. The molecule has 0 N–H and O–H groups in total. The van der Waals surface area contributed by atoms with E-state index in [1.807, 2.05) is 12.1 Å². The Morgan fingerprint density at radius 2 is 1.10 bits per heavy atom. The molecule has 8 aromatic carbocycles. The van der Waals surface area contributed by atoms with Crippen LogP contribution in [0.5, 0.6) is 11.5 Å². The van der Waals surface area contributed by atoms with Crippen molar-refractivity contribution in [1.82, 2.24) is 9.55 Å². The van der Waals surface area contributed by atoms with Gasteiger partial charge in [0.2, 0.25) is 0 Å². The topological polar surface area (TPSA) is 36.8 Å². The van der Waals surface area contributed by atoms with Crippen LogP contribution in [-0.2, 0) is 7.05 Å². The zero-order valence-corrected chi connectivity index (χ0v) is 34.1. The van der Waals surface area contributed by atoms with Crippen LogP contribution in [0.4, 0.5) is 40.1 Å². The molecule has 0 atom stereocenters. The molecule has 0 fully saturated rings. The van der Waals surface area contributed by atoms with Gasteiger partial charge in [0.1, 0.15) is 0 Å². The van der Waals surface area contributed by atoms with E-state index in [0.717, 1.165) is 51.2 Å². The molecule has 2 aliphatic rings. The van der Waals surface area contributed by atoms with Crippen molar-refractivity contribution in [2.75, 3.05) is 21.4 Å². The quantitative estimate of drug-likeness (QED) is 0.149. The minimum absolute atomic E-state index is 0.618. The van der Waals surface area contributed by atoms with Gasteiger partial charge in [0.25, 0.3) is 0 Å². The monoisotopic (exact) mass is 865 g/mol. The Kier molecular flexibility index (Phi) is 8.50. The van der Waals surface area contributed by atoms with E-state index in [-0.39, 0.29) is 0 Å². The van der Waals surface area contributed by atoms with Crippen LogP contribution < -0.4 is 26.7 Å². The molecule has 0 unspecified atom stereocenters. The maximum atomic E-state index is 6.78. The molecule has 1 aromatic heterocycles. The van der Waals surface area contributed by atoms with Crippen LogP contribution in [0.1, 0.15) is 0 Å². The van der Waals surface area contributed by atoms with Gasteiger partial charge in [-0.1, -0.05) is 84.9 Å². The van der Waals surface area contributed by atoms with Crippen LogP contribution in [0.2, 0.25) is 0 Å². The van der Waals surface area contributed by atoms with E-state index in [9.17, 15) is 0 Å². The first kappa shape index (κ1) is 34.5. The van der Waals surface area contributed by atoms with E-state index < -0.39 is 20.9 Å². The van der Waals surface area contributed by atoms with E-state index in [0.29, 0.717) is 6.67 Å². The van der Waals surface area contributed by atoms with Gasteiger partial charge < -0.3 is 0 Å². The predicted octanol–water partition coefficient (Wildman–Crippen LogP) is 11.4. The molecule has 0 saturated heterocycles. The van der Waals surface area contributed by atoms with Gasteiger partial charge in [0, 0.05) is 11.1 Å². The zero-order valence-electron chi connectivity index (χ0n) is 31.7. The molecule has 0 aliphatic carbocycles. The van der Waals surface area contributed by atoms with E-state index >= 15 is 0 Å². The summed E-state index contributed by atoms with van der Waals surface area (Å²) >= 11 is -0.618. The fourth-order valence-electron chi connectivity index (χ4n) is 8.36. The number of hydrogen-bond donors (Lipinski definition) is 0. The molecule has 7 heteroatoms. The van der Waals surface area contributed by atoms with E-state index in [1.165, 1.54) is 40.9 Å². The normalized spacial score (nSPS) is 13.0. The van der Waals surface area contributed by atoms with Crippen LogP contribution >= 0.6 is 0 Å². The molecule has 58 heavy (non-hydrogen) atoms. The van der Waals surface area contributed by atoms with Gasteiger partial charge in [0.05, 0.1) is 0 Å². The van der Waals surface area contributed by atoms with E-state index in [2.05, 4.69) is 208 Å². The van der Waals surface area contributed by atoms with Gasteiger partial charge in [-0.2, -0.15) is 0 Å². The van der Waals surface area contributed by atoms with E-state index in [1.54, 1.807) is 0 Å². The van der Waals surface area contributed by atoms with Crippen molar-refractivity contribution in [2.24, 2.45) is 7.05 Å². The molecular weight excluding hydrogens is 826 g/mol. The Morgan fingerprint density at radius 1 is 0.500 bits per heavy atom. The Bertz CT molecular complexity index is 2920. The fraction of sp³-hybridized carbons (Fsp3) is 0.0392. The minimum atomic E-state index is -0.618. The molecule has 9 aromatic rings. The number of rotatable bonds is 7. The summed E-state index contributed by atoms with van der Waals surface area (Å²) in [4.78, 5) is 12.3. The number of imidazole rings is 1. The predicted molar refractivity (Wildman–Crippen MR) is 240 cm³/mol. The molecule has 0 bridgehead atoms. The molecule has 0 amide bonds. The maximum absolute atomic E-state index is 6.78. The summed E-state index contributed by atoms with van der Waals surface area (Å²) in [6.07, 6.45) is 0. The molecule has 2 aliphatic heterocycles. The number of anilines is 7. The second-order valence-corrected chi connectivity index (χ2v) is 17.6. The molecule has 6 nitrogen and oxygen atoms in total. The van der Waals surface area contributed by atoms with Crippen molar-refractivity contribution in [3.05, 3.63) is 194 Å². The third-order valence-electron chi connectivity index (χ3n) is 11.0. The number of benzene rings is 8. The van der Waals surface area contributed by atoms with Crippen molar-refractivity contribution < 1.29 is 4.74 Å². The summed E-state index contributed by atoms with van der Waals surface area (Å²) < 4.78 is 11.7. The molecule has 0 spiro atoms. The fourth-order valence-corrected chi connectivity index (χ4v) is 11.3. The summed E-state index contributed by atoms with van der Waals surface area (Å²) in [5.74, 6) is 2.46. The Labute approximate surface area is 347 Å². The number of fused-ring (bicyclic) bond motifs is 4. The van der Waals surface area contributed by atoms with Crippen molar-refractivity contribution >= 4 is 79.3 Å². The molecule has 11 rings (SSSR count). The van der Waals surface area contributed by atoms with Crippen molar-refractivity contribution in [2.45, 2.75) is 0 Å². The second-order valence-electron chi connectivity index (χ2n) is 14.5. The summed E-state index contributed by atoms with van der Waals surface area (Å²) in [5.41, 5.74) is 13.7. The molecule has 0 saturated carbocycles. The molecule has 278 valence electrons. The first-order valence-corrected chi connectivity index (χ1v) is 21.8. The first-order chi connectivity index (χ1) is 28.7. The number of para-hydroxylation sites is 6. The number of aryl methyl sites for hydroxylation is 1. The first-order valence-electron chi connectivity index (χ1n) is 19.5. The van der Waals surface area contributed by atoms with Gasteiger partial charge in [-0.25, -0.2) is 0 Å². The standard InChI is InChI=1S/C51H37N5OTe/c1-53-43-25-9-8-24-42(43)52-51(53)56-46-28-12-13-29-48(46)58-49-31-30-39(33-47(49)56)57-38-21-14-20-37(32-38)54-34-55(45-27-11-10-26-44(45)54)50-40(35-16-4-2-5-17-35)22-15-23-41(50)36-18-6-3-7-19-36/h2-33H,34H2,1H3. The van der Waals surface area contributed by atoms with Crippen LogP contribution in [-0.4, -0.2) is 37.1 Å². The third kappa shape index (κ3) is 5.90. The average molecular weight is 863 g/mol. The zero-order chi connectivity index (χ0) is 38.6. The van der Waals surface area contributed by atoms with Crippen molar-refractivity contribution in [3.8, 4) is 33.8 Å². The van der Waals surface area contributed by atoms with Crippen LogP contribution in [0.15, 0.2) is 194 Å². The SMILES string of the molecule is Cn1c(N2c3ccccc3[Te]c3ccc(Oc4cccc(N5CN(c6c(-c7ccccc7)cccc6-c6ccccc6)c6ccccc65)c4)cc32)nc2ccccc21. The Balaban J connectivity index is 0.960. The Morgan fingerprint density at radius 3 is 1.84 bits per heavy atom. The second kappa shape index (κ2) is 14.3. The summed E-state index contributed by atoms with van der Waals surface area (Å²) in [6, 6.07) is 69.0. The number of hydrogen-bond acceptors (Lipinski definition) is 5. The summed E-state index contributed by atoms with van der Waals surface area (Å²) in [5, 5.41) is 0. The van der Waals surface area contributed by atoms with Gasteiger partial charge >= 0.3 is 243 Å². The van der Waals surface area contributed by atoms with Gasteiger partial charge in [-0.15, -0.1) is 0 Å². The summed E-state index contributed by atoms with van der Waals surface area (Å²) in [6.45, 7) is 0.641. The average Bonchev–Trinajstić information content (AvgIpc) is 3.83. The van der Waals surface area contributed by atoms with Gasteiger partial charge in [-0.3, -0.25) is 0 Å². The number of aromatic nitrogens is 2. The van der Waals surface area contributed by atoms with E-state index in [4.69, 9.17) is 9.72 Å². The molecule has 0 radical (unpaired) electrons. The van der Waals surface area contributed by atoms with Crippen LogP contribution in [0.3, 0.4) is 0 Å². The Hall–Kier alpha value is -6.78. The number of ether oxygens (including phenoxy) is 1. The molecule has 3 heterocycles. The third-order valence-corrected chi connectivity index (χ3v) is 14.3. The van der Waals surface area contributed by atoms with Gasteiger partial charge in [0.15, 0.2) is 0 Å². The number of nitrogens with zero attached hydrogens (tertiary/aromatic N) is 5. The van der Waals surface area contributed by atoms with Crippen LogP contribution in [0, 0.1) is 0 Å². The van der Waals surface area contributed by atoms with Gasteiger partial charge in [-0.05, 0) is 11.1 Å². The van der Waals surface area contributed by atoms with Crippen molar-refractivity contribution in [3.63, 3.8) is 0 Å². The van der Waals surface area contributed by atoms with Crippen molar-refractivity contribution in [1.29, 1.82) is 0 Å². The molecular formula is C51H37N5OTe. The van der Waals surface area contributed by atoms with Crippen LogP contribution in [0.25, 0.3) is 33.3 Å².